The first-order valence-electron chi connectivity index (χ1n) is 9.99. The fraction of sp³-hybridized carbons (Fsp3) is 0.273. The number of nitrogens with zero attached hydrogens (tertiary/aromatic N) is 2. The standard InChI is InChI=1S/C22H25FN4O5S/c1-14-11-15(2)27(26-14)19-7-5-16(12-18(19)23)25-22(28)9-10-24-33(29,30)17-6-8-20(31-3)21(13-17)32-4/h5-8,11-13,24H,9-10H2,1-4H3,(H,25,28). The molecule has 0 aliphatic heterocycles. The highest BCUT2D eigenvalue weighted by Crippen LogP contribution is 2.29. The van der Waals surface area contributed by atoms with Crippen LogP contribution in [-0.2, 0) is 14.8 Å². The van der Waals surface area contributed by atoms with E-state index < -0.39 is 21.7 Å². The predicted molar refractivity (Wildman–Crippen MR) is 121 cm³/mol. The van der Waals surface area contributed by atoms with E-state index in [1.165, 1.54) is 49.2 Å². The van der Waals surface area contributed by atoms with Crippen LogP contribution in [0.5, 0.6) is 11.5 Å². The molecule has 0 saturated heterocycles. The number of sulfonamides is 1. The van der Waals surface area contributed by atoms with E-state index in [0.717, 1.165) is 11.4 Å². The number of halogens is 1. The molecule has 2 N–H and O–H groups in total. The first kappa shape index (κ1) is 24.2. The molecule has 3 rings (SSSR count). The van der Waals surface area contributed by atoms with Crippen LogP contribution in [0.25, 0.3) is 5.69 Å². The van der Waals surface area contributed by atoms with E-state index in [9.17, 15) is 17.6 Å². The number of nitrogens with one attached hydrogen (secondary N) is 2. The molecule has 0 aliphatic carbocycles. The number of ether oxygens (including phenoxy) is 2. The summed E-state index contributed by atoms with van der Waals surface area (Å²) in [4.78, 5) is 12.2. The van der Waals surface area contributed by atoms with Gasteiger partial charge in [0.1, 0.15) is 5.69 Å². The lowest BCUT2D eigenvalue weighted by Crippen LogP contribution is -2.28. The van der Waals surface area contributed by atoms with Crippen LogP contribution >= 0.6 is 0 Å². The van der Waals surface area contributed by atoms with E-state index in [0.29, 0.717) is 5.75 Å². The Hall–Kier alpha value is -3.44. The van der Waals surface area contributed by atoms with Crippen molar-refractivity contribution in [1.29, 1.82) is 0 Å². The summed E-state index contributed by atoms with van der Waals surface area (Å²) >= 11 is 0. The van der Waals surface area contributed by atoms with Crippen molar-refractivity contribution in [2.45, 2.75) is 25.2 Å². The molecule has 0 unspecified atom stereocenters. The lowest BCUT2D eigenvalue weighted by Gasteiger charge is -2.11. The predicted octanol–water partition coefficient (Wildman–Crippen LogP) is 2.95. The zero-order valence-corrected chi connectivity index (χ0v) is 19.5. The number of hydrogen-bond donors (Lipinski definition) is 2. The van der Waals surface area contributed by atoms with E-state index in [1.54, 1.807) is 6.07 Å². The van der Waals surface area contributed by atoms with Gasteiger partial charge in [-0.1, -0.05) is 0 Å². The molecule has 0 spiro atoms. The first-order valence-corrected chi connectivity index (χ1v) is 11.5. The smallest absolute Gasteiger partial charge is 0.240 e. The minimum absolute atomic E-state index is 0.0256. The molecule has 0 radical (unpaired) electrons. The van der Waals surface area contributed by atoms with E-state index >= 15 is 0 Å². The molecule has 2 aromatic carbocycles. The Kier molecular flexibility index (Phi) is 7.34. The van der Waals surface area contributed by atoms with Gasteiger partial charge in [0.15, 0.2) is 17.3 Å². The van der Waals surface area contributed by atoms with Gasteiger partial charge >= 0.3 is 0 Å². The molecule has 176 valence electrons. The Balaban J connectivity index is 1.59. The zero-order valence-electron chi connectivity index (χ0n) is 18.7. The molecule has 1 aromatic heterocycles. The van der Waals surface area contributed by atoms with Crippen LogP contribution in [0.4, 0.5) is 10.1 Å². The van der Waals surface area contributed by atoms with Crippen molar-refractivity contribution in [3.63, 3.8) is 0 Å². The Labute approximate surface area is 191 Å². The number of aromatic nitrogens is 2. The third-order valence-corrected chi connectivity index (χ3v) is 6.24. The molecule has 11 heteroatoms. The van der Waals surface area contributed by atoms with Crippen molar-refractivity contribution in [3.8, 4) is 17.2 Å². The summed E-state index contributed by atoms with van der Waals surface area (Å²) < 4.78 is 53.6. The molecule has 1 heterocycles. The van der Waals surface area contributed by atoms with E-state index in [1.807, 2.05) is 19.9 Å². The van der Waals surface area contributed by atoms with Crippen molar-refractivity contribution in [1.82, 2.24) is 14.5 Å². The van der Waals surface area contributed by atoms with Gasteiger partial charge in [-0.05, 0) is 50.2 Å². The fourth-order valence-electron chi connectivity index (χ4n) is 3.22. The minimum atomic E-state index is -3.87. The molecule has 0 fully saturated rings. The van der Waals surface area contributed by atoms with Gasteiger partial charge in [-0.2, -0.15) is 5.10 Å². The molecule has 0 atom stereocenters. The summed E-state index contributed by atoms with van der Waals surface area (Å²) in [6.45, 7) is 3.49. The van der Waals surface area contributed by atoms with Gasteiger partial charge in [0.05, 0.1) is 24.8 Å². The maximum atomic E-state index is 14.6. The van der Waals surface area contributed by atoms with Crippen molar-refractivity contribution < 1.29 is 27.1 Å². The number of carbonyl (C=O) groups is 1. The number of amides is 1. The zero-order chi connectivity index (χ0) is 24.2. The van der Waals surface area contributed by atoms with E-state index in [4.69, 9.17) is 9.47 Å². The van der Waals surface area contributed by atoms with Crippen LogP contribution in [0.1, 0.15) is 17.8 Å². The molecule has 33 heavy (non-hydrogen) atoms. The third-order valence-electron chi connectivity index (χ3n) is 4.78. The van der Waals surface area contributed by atoms with Crippen LogP contribution in [0.15, 0.2) is 47.4 Å². The van der Waals surface area contributed by atoms with Gasteiger partial charge in [0.2, 0.25) is 15.9 Å². The summed E-state index contributed by atoms with van der Waals surface area (Å²) in [6.07, 6.45) is -0.145. The van der Waals surface area contributed by atoms with Gasteiger partial charge in [-0.15, -0.1) is 0 Å². The number of anilines is 1. The average molecular weight is 477 g/mol. The highest BCUT2D eigenvalue weighted by Gasteiger charge is 2.17. The van der Waals surface area contributed by atoms with Gasteiger partial charge in [-0.3, -0.25) is 4.79 Å². The second-order valence-corrected chi connectivity index (χ2v) is 8.98. The van der Waals surface area contributed by atoms with Crippen LogP contribution in [0.2, 0.25) is 0 Å². The monoisotopic (exact) mass is 476 g/mol. The maximum Gasteiger partial charge on any atom is 0.240 e. The molecule has 0 aliphatic rings. The average Bonchev–Trinajstić information content (AvgIpc) is 3.10. The number of aryl methyl sites for hydroxylation is 2. The lowest BCUT2D eigenvalue weighted by molar-refractivity contribution is -0.116. The van der Waals surface area contributed by atoms with E-state index in [-0.39, 0.29) is 35.0 Å². The lowest BCUT2D eigenvalue weighted by atomic mass is 10.2. The SMILES string of the molecule is COc1ccc(S(=O)(=O)NCCC(=O)Nc2ccc(-n3nc(C)cc3C)c(F)c2)cc1OC. The van der Waals surface area contributed by atoms with E-state index in [2.05, 4.69) is 15.1 Å². The second-order valence-electron chi connectivity index (χ2n) is 7.22. The fourth-order valence-corrected chi connectivity index (χ4v) is 4.27. The normalized spacial score (nSPS) is 11.3. The second kappa shape index (κ2) is 10.0. The Morgan fingerprint density at radius 1 is 1.06 bits per heavy atom. The summed E-state index contributed by atoms with van der Waals surface area (Å²) in [7, 11) is -1.02. The van der Waals surface area contributed by atoms with Crippen molar-refractivity contribution in [2.24, 2.45) is 0 Å². The summed E-state index contributed by atoms with van der Waals surface area (Å²) in [5.74, 6) is -0.354. The molecule has 1 amide bonds. The third kappa shape index (κ3) is 5.68. The van der Waals surface area contributed by atoms with Gasteiger partial charge < -0.3 is 14.8 Å². The highest BCUT2D eigenvalue weighted by atomic mass is 32.2. The Morgan fingerprint density at radius 2 is 1.79 bits per heavy atom. The quantitative estimate of drug-likeness (QED) is 0.491. The largest absolute Gasteiger partial charge is 0.493 e. The van der Waals surface area contributed by atoms with Crippen LogP contribution in [-0.4, -0.2) is 44.9 Å². The van der Waals surface area contributed by atoms with Gasteiger partial charge in [0, 0.05) is 30.4 Å². The Bertz CT molecular complexity index is 1270. The van der Waals surface area contributed by atoms with Crippen molar-refractivity contribution >= 4 is 21.6 Å². The van der Waals surface area contributed by atoms with Crippen molar-refractivity contribution in [2.75, 3.05) is 26.1 Å². The topological polar surface area (TPSA) is 112 Å². The van der Waals surface area contributed by atoms with Crippen molar-refractivity contribution in [3.05, 3.63) is 59.7 Å². The number of rotatable bonds is 9. The first-order chi connectivity index (χ1) is 15.6. The molecule has 9 nitrogen and oxygen atoms in total. The Morgan fingerprint density at radius 3 is 2.39 bits per heavy atom. The molecular formula is C22H25FN4O5S. The minimum Gasteiger partial charge on any atom is -0.493 e. The molecular weight excluding hydrogens is 451 g/mol. The highest BCUT2D eigenvalue weighted by molar-refractivity contribution is 7.89. The number of methoxy groups -OCH3 is 2. The maximum absolute atomic E-state index is 14.6. The summed E-state index contributed by atoms with van der Waals surface area (Å²) in [5.41, 5.74) is 2.07. The summed E-state index contributed by atoms with van der Waals surface area (Å²) in [6, 6.07) is 10.3. The summed E-state index contributed by atoms with van der Waals surface area (Å²) in [5, 5.41) is 6.81. The number of hydrogen-bond acceptors (Lipinski definition) is 6. The molecule has 0 saturated carbocycles. The van der Waals surface area contributed by atoms with Crippen LogP contribution < -0.4 is 19.5 Å². The molecule has 0 bridgehead atoms. The number of benzene rings is 2. The van der Waals surface area contributed by atoms with Gasteiger partial charge in [-0.25, -0.2) is 22.2 Å². The van der Waals surface area contributed by atoms with Crippen LogP contribution in [0.3, 0.4) is 0 Å². The molecule has 3 aromatic rings. The van der Waals surface area contributed by atoms with Gasteiger partial charge in [0.25, 0.3) is 0 Å². The van der Waals surface area contributed by atoms with Crippen LogP contribution in [0, 0.1) is 19.7 Å². The number of carbonyl (C=O) groups excluding carboxylic acids is 1.